The number of nitrogens with one attached hydrogen (secondary N) is 1. The fourth-order valence-corrected chi connectivity index (χ4v) is 4.35. The highest BCUT2D eigenvalue weighted by molar-refractivity contribution is 9.09. The van der Waals surface area contributed by atoms with Crippen LogP contribution in [-0.4, -0.2) is 77.4 Å². The molecule has 12 heteroatoms. The molecule has 172 valence electrons. The summed E-state index contributed by atoms with van der Waals surface area (Å²) in [6.45, 7) is 4.51. The van der Waals surface area contributed by atoms with E-state index in [9.17, 15) is 24.0 Å². The summed E-state index contributed by atoms with van der Waals surface area (Å²) in [5.41, 5.74) is -0.193. The summed E-state index contributed by atoms with van der Waals surface area (Å²) in [4.78, 5) is 61.9. The normalized spacial score (nSPS) is 20.5. The first-order valence-corrected chi connectivity index (χ1v) is 11.5. The summed E-state index contributed by atoms with van der Waals surface area (Å²) >= 11 is 4.34. The van der Waals surface area contributed by atoms with Crippen LogP contribution in [0.4, 0.5) is 0 Å². The number of alkyl halides is 1. The molecule has 1 fully saturated rings. The Kier molecular flexibility index (Phi) is 8.66. The van der Waals surface area contributed by atoms with E-state index in [0.717, 1.165) is 0 Å². The van der Waals surface area contributed by atoms with Gasteiger partial charge in [-0.1, -0.05) is 15.9 Å². The van der Waals surface area contributed by atoms with Gasteiger partial charge in [-0.15, -0.1) is 11.8 Å². The van der Waals surface area contributed by atoms with Crippen molar-refractivity contribution in [2.45, 2.75) is 38.6 Å². The number of Topliss-reactive ketones (excluding diaryl/α,β-unsaturated/α-hetero) is 1. The van der Waals surface area contributed by atoms with Gasteiger partial charge in [-0.05, 0) is 26.3 Å². The molecule has 0 aromatic heterocycles. The van der Waals surface area contributed by atoms with E-state index in [-0.39, 0.29) is 29.8 Å². The van der Waals surface area contributed by atoms with Crippen molar-refractivity contribution >= 4 is 57.2 Å². The fraction of sp³-hybridized carbons (Fsp3) is 0.632. The predicted molar refractivity (Wildman–Crippen MR) is 114 cm³/mol. The number of methoxy groups -OCH3 is 1. The number of ether oxygens (including phenoxy) is 3. The van der Waals surface area contributed by atoms with Gasteiger partial charge in [-0.2, -0.15) is 0 Å². The Morgan fingerprint density at radius 3 is 2.48 bits per heavy atom. The fourth-order valence-electron chi connectivity index (χ4n) is 2.83. The molecule has 1 saturated heterocycles. The van der Waals surface area contributed by atoms with Crippen LogP contribution in [0.3, 0.4) is 0 Å². The number of hydrogen-bond donors (Lipinski definition) is 1. The molecule has 2 amide bonds. The molecule has 0 aromatic carbocycles. The number of esters is 2. The Balaban J connectivity index is 2.08. The molecule has 0 radical (unpaired) electrons. The number of carbonyl (C=O) groups excluding carboxylic acids is 5. The first-order chi connectivity index (χ1) is 14.5. The van der Waals surface area contributed by atoms with Crippen LogP contribution in [-0.2, 0) is 38.2 Å². The zero-order chi connectivity index (χ0) is 23.3. The molecule has 2 aliphatic rings. The second-order valence-electron chi connectivity index (χ2n) is 7.92. The summed E-state index contributed by atoms with van der Waals surface area (Å²) in [6, 6.07) is -0.855. The van der Waals surface area contributed by atoms with E-state index in [0.29, 0.717) is 11.3 Å². The molecule has 2 atom stereocenters. The number of ketones is 1. The van der Waals surface area contributed by atoms with Crippen LogP contribution >= 0.6 is 27.7 Å². The van der Waals surface area contributed by atoms with Crippen LogP contribution in [0.15, 0.2) is 11.3 Å². The van der Waals surface area contributed by atoms with E-state index in [4.69, 9.17) is 14.2 Å². The maximum atomic E-state index is 12.7. The number of thioether (sulfide) groups is 1. The molecule has 31 heavy (non-hydrogen) atoms. The number of nitrogens with zero attached hydrogens (tertiary/aromatic N) is 1. The van der Waals surface area contributed by atoms with E-state index >= 15 is 0 Å². The van der Waals surface area contributed by atoms with Gasteiger partial charge < -0.3 is 19.5 Å². The standard InChI is InChI=1S/C19H25BrN2O8S/c1-19(2,3)18(27)30-9-29-17(26)14-10(7-28-4)8-31-16-13(15(25)22(14)16)21-12(24)5-11(23)6-20/h13,16H,5-9H2,1-4H3,(H,21,24). The minimum Gasteiger partial charge on any atom is -0.427 e. The topological polar surface area (TPSA) is 128 Å². The van der Waals surface area contributed by atoms with Crippen molar-refractivity contribution in [1.82, 2.24) is 10.2 Å². The third kappa shape index (κ3) is 6.07. The van der Waals surface area contributed by atoms with Crippen molar-refractivity contribution in [1.29, 1.82) is 0 Å². The molecule has 2 unspecified atom stereocenters. The highest BCUT2D eigenvalue weighted by Gasteiger charge is 2.54. The zero-order valence-corrected chi connectivity index (χ0v) is 20.1. The first kappa shape index (κ1) is 25.3. The van der Waals surface area contributed by atoms with Gasteiger partial charge in [0.05, 0.1) is 23.8 Å². The van der Waals surface area contributed by atoms with Gasteiger partial charge in [0.2, 0.25) is 12.7 Å². The minimum atomic E-state index is -0.855. The van der Waals surface area contributed by atoms with E-state index in [2.05, 4.69) is 21.2 Å². The van der Waals surface area contributed by atoms with Crippen LogP contribution in [0.5, 0.6) is 0 Å². The molecule has 2 rings (SSSR count). The quantitative estimate of drug-likeness (QED) is 0.154. The summed E-state index contributed by atoms with van der Waals surface area (Å²) in [5.74, 6) is -2.36. The molecular weight excluding hydrogens is 496 g/mol. The number of β-lactam (4-membered cyclic amide) rings is 1. The Morgan fingerprint density at radius 1 is 1.23 bits per heavy atom. The maximum Gasteiger partial charge on any atom is 0.358 e. The van der Waals surface area contributed by atoms with E-state index in [1.807, 2.05) is 0 Å². The Hall–Kier alpha value is -1.92. The summed E-state index contributed by atoms with van der Waals surface area (Å²) in [7, 11) is 1.46. The van der Waals surface area contributed by atoms with Gasteiger partial charge in [0.25, 0.3) is 5.91 Å². The molecule has 0 aliphatic carbocycles. The van der Waals surface area contributed by atoms with Gasteiger partial charge >= 0.3 is 11.9 Å². The van der Waals surface area contributed by atoms with Crippen LogP contribution < -0.4 is 5.32 Å². The molecule has 2 heterocycles. The van der Waals surface area contributed by atoms with Crippen molar-refractivity contribution in [2.75, 3.05) is 31.6 Å². The van der Waals surface area contributed by atoms with Crippen molar-refractivity contribution in [3.05, 3.63) is 11.3 Å². The molecule has 10 nitrogen and oxygen atoms in total. The van der Waals surface area contributed by atoms with E-state index in [1.54, 1.807) is 20.8 Å². The zero-order valence-electron chi connectivity index (χ0n) is 17.7. The number of hydrogen-bond acceptors (Lipinski definition) is 9. The monoisotopic (exact) mass is 520 g/mol. The van der Waals surface area contributed by atoms with Gasteiger partial charge in [-0.25, -0.2) is 4.79 Å². The summed E-state index contributed by atoms with van der Waals surface area (Å²) in [6.07, 6.45) is -0.342. The number of carbonyl (C=O) groups is 5. The van der Waals surface area contributed by atoms with Crippen molar-refractivity contribution in [3.63, 3.8) is 0 Å². The molecule has 2 aliphatic heterocycles. The average Bonchev–Trinajstić information content (AvgIpc) is 2.70. The lowest BCUT2D eigenvalue weighted by molar-refractivity contribution is -0.173. The molecule has 0 saturated carbocycles. The Labute approximate surface area is 192 Å². The van der Waals surface area contributed by atoms with Crippen LogP contribution in [0.2, 0.25) is 0 Å². The SMILES string of the molecule is COCC1=C(C(=O)OCOC(=O)C(C)(C)C)N2C(=O)C(NC(=O)CC(=O)CBr)C2SC1. The van der Waals surface area contributed by atoms with Crippen molar-refractivity contribution in [2.24, 2.45) is 5.41 Å². The van der Waals surface area contributed by atoms with Crippen molar-refractivity contribution in [3.8, 4) is 0 Å². The van der Waals surface area contributed by atoms with Crippen LogP contribution in [0.25, 0.3) is 0 Å². The van der Waals surface area contributed by atoms with Gasteiger partial charge in [0.1, 0.15) is 17.1 Å². The van der Waals surface area contributed by atoms with Crippen molar-refractivity contribution < 1.29 is 38.2 Å². The van der Waals surface area contributed by atoms with Gasteiger partial charge in [0, 0.05) is 12.9 Å². The third-order valence-corrected chi connectivity index (χ3v) is 6.34. The summed E-state index contributed by atoms with van der Waals surface area (Å²) in [5, 5.41) is 2.07. The lowest BCUT2D eigenvalue weighted by atomic mass is 9.98. The minimum absolute atomic E-state index is 0.0180. The van der Waals surface area contributed by atoms with E-state index < -0.39 is 47.4 Å². The number of amides is 2. The average molecular weight is 521 g/mol. The largest absolute Gasteiger partial charge is 0.427 e. The molecule has 1 N–H and O–H groups in total. The predicted octanol–water partition coefficient (Wildman–Crippen LogP) is 0.731. The highest BCUT2D eigenvalue weighted by atomic mass is 79.9. The van der Waals surface area contributed by atoms with E-state index in [1.165, 1.54) is 23.8 Å². The first-order valence-electron chi connectivity index (χ1n) is 9.38. The maximum absolute atomic E-state index is 12.7. The molecule has 0 bridgehead atoms. The van der Waals surface area contributed by atoms with Gasteiger partial charge in [0.15, 0.2) is 5.78 Å². The molecule has 0 spiro atoms. The second kappa shape index (κ2) is 10.6. The molecular formula is C19H25BrN2O8S. The Bertz CT molecular complexity index is 807. The number of rotatable bonds is 9. The third-order valence-electron chi connectivity index (χ3n) is 4.37. The Morgan fingerprint density at radius 2 is 1.90 bits per heavy atom. The number of halogens is 1. The molecule has 0 aromatic rings. The lowest BCUT2D eigenvalue weighted by Crippen LogP contribution is -2.70. The smallest absolute Gasteiger partial charge is 0.358 e. The van der Waals surface area contributed by atoms with Crippen LogP contribution in [0, 0.1) is 5.41 Å². The summed E-state index contributed by atoms with van der Waals surface area (Å²) < 4.78 is 15.2. The highest BCUT2D eigenvalue weighted by Crippen LogP contribution is 2.40. The second-order valence-corrected chi connectivity index (χ2v) is 9.59. The van der Waals surface area contributed by atoms with Gasteiger partial charge in [-0.3, -0.25) is 24.1 Å². The van der Waals surface area contributed by atoms with Crippen LogP contribution in [0.1, 0.15) is 27.2 Å². The lowest BCUT2D eigenvalue weighted by Gasteiger charge is -2.49. The number of fused-ring (bicyclic) bond motifs is 1.